The molecule has 1 rings (SSSR count). The monoisotopic (exact) mass is 216 g/mol. The van der Waals surface area contributed by atoms with Crippen molar-refractivity contribution >= 4 is 15.9 Å². The predicted molar refractivity (Wildman–Crippen MR) is 46.4 cm³/mol. The highest BCUT2D eigenvalue weighted by Crippen LogP contribution is 2.18. The molecule has 1 aromatic rings. The van der Waals surface area contributed by atoms with Crippen molar-refractivity contribution < 1.29 is 4.74 Å². The molecule has 0 saturated heterocycles. The van der Waals surface area contributed by atoms with Gasteiger partial charge in [0.25, 0.3) is 0 Å². The summed E-state index contributed by atoms with van der Waals surface area (Å²) in [4.78, 5) is 3.98. The lowest BCUT2D eigenvalue weighted by Gasteiger charge is -2.02. The van der Waals surface area contributed by atoms with Gasteiger partial charge in [0.15, 0.2) is 0 Å². The summed E-state index contributed by atoms with van der Waals surface area (Å²) >= 11 is 3.32. The van der Waals surface area contributed by atoms with Crippen LogP contribution >= 0.6 is 15.9 Å². The Kier molecular flexibility index (Phi) is 2.84. The van der Waals surface area contributed by atoms with Crippen LogP contribution < -0.4 is 10.5 Å². The maximum Gasteiger partial charge on any atom is 0.213 e. The topological polar surface area (TPSA) is 48.1 Å². The first-order valence-corrected chi connectivity index (χ1v) is 3.95. The van der Waals surface area contributed by atoms with E-state index in [1.807, 2.05) is 6.07 Å². The van der Waals surface area contributed by atoms with Crippen LogP contribution in [0, 0.1) is 0 Å². The van der Waals surface area contributed by atoms with Crippen LogP contribution in [0.1, 0.15) is 5.56 Å². The molecule has 0 aliphatic carbocycles. The molecule has 11 heavy (non-hydrogen) atoms. The van der Waals surface area contributed by atoms with Gasteiger partial charge in [0.05, 0.1) is 7.11 Å². The number of halogens is 1. The van der Waals surface area contributed by atoms with E-state index in [1.54, 1.807) is 13.3 Å². The number of pyridine rings is 1. The van der Waals surface area contributed by atoms with Crippen LogP contribution in [0.3, 0.4) is 0 Å². The normalized spacial score (nSPS) is 9.73. The molecule has 0 atom stereocenters. The zero-order chi connectivity index (χ0) is 8.27. The number of methoxy groups -OCH3 is 1. The molecule has 0 radical (unpaired) electrons. The number of aromatic nitrogens is 1. The third-order valence-electron chi connectivity index (χ3n) is 1.34. The van der Waals surface area contributed by atoms with Crippen LogP contribution in [0.4, 0.5) is 0 Å². The number of nitrogens with two attached hydrogens (primary N) is 1. The molecule has 0 unspecified atom stereocenters. The summed E-state index contributed by atoms with van der Waals surface area (Å²) in [5.41, 5.74) is 6.46. The van der Waals surface area contributed by atoms with Crippen LogP contribution in [-0.4, -0.2) is 12.1 Å². The van der Waals surface area contributed by atoms with E-state index in [2.05, 4.69) is 20.9 Å². The Balaban J connectivity index is 3.02. The fraction of sp³-hybridized carbons (Fsp3) is 0.286. The predicted octanol–water partition coefficient (Wildman–Crippen LogP) is 1.31. The SMILES string of the molecule is COc1cc(CN)c(Br)cn1. The lowest BCUT2D eigenvalue weighted by molar-refractivity contribution is 0.397. The molecular formula is C7H9BrN2O. The second-order valence-electron chi connectivity index (χ2n) is 2.02. The maximum absolute atomic E-state index is 5.46. The Hall–Kier alpha value is -0.610. The van der Waals surface area contributed by atoms with Crippen LogP contribution in [0.25, 0.3) is 0 Å². The van der Waals surface area contributed by atoms with E-state index < -0.39 is 0 Å². The average molecular weight is 217 g/mol. The summed E-state index contributed by atoms with van der Waals surface area (Å²) in [7, 11) is 1.58. The molecule has 0 aromatic carbocycles. The summed E-state index contributed by atoms with van der Waals surface area (Å²) in [6, 6.07) is 1.81. The molecule has 4 heteroatoms. The number of rotatable bonds is 2. The van der Waals surface area contributed by atoms with Crippen molar-refractivity contribution in [2.75, 3.05) is 7.11 Å². The molecule has 1 aromatic heterocycles. The average Bonchev–Trinajstić information content (AvgIpc) is 2.05. The first-order valence-electron chi connectivity index (χ1n) is 3.16. The van der Waals surface area contributed by atoms with Crippen LogP contribution in [0.2, 0.25) is 0 Å². The van der Waals surface area contributed by atoms with Gasteiger partial charge in [0.2, 0.25) is 5.88 Å². The number of ether oxygens (including phenoxy) is 1. The molecular weight excluding hydrogens is 208 g/mol. The van der Waals surface area contributed by atoms with Gasteiger partial charge in [-0.3, -0.25) is 0 Å². The molecule has 0 amide bonds. The van der Waals surface area contributed by atoms with Crippen LogP contribution in [-0.2, 0) is 6.54 Å². The van der Waals surface area contributed by atoms with Gasteiger partial charge in [-0.05, 0) is 21.5 Å². The third-order valence-corrected chi connectivity index (χ3v) is 2.05. The molecule has 0 bridgehead atoms. The molecule has 0 aliphatic rings. The molecule has 2 N–H and O–H groups in total. The summed E-state index contributed by atoms with van der Waals surface area (Å²) in [6.07, 6.45) is 1.68. The molecule has 0 spiro atoms. The quantitative estimate of drug-likeness (QED) is 0.812. The van der Waals surface area contributed by atoms with Crippen molar-refractivity contribution in [2.24, 2.45) is 5.73 Å². The highest BCUT2D eigenvalue weighted by atomic mass is 79.9. The minimum absolute atomic E-state index is 0.486. The van der Waals surface area contributed by atoms with Crippen molar-refractivity contribution in [1.82, 2.24) is 4.98 Å². The summed E-state index contributed by atoms with van der Waals surface area (Å²) in [6.45, 7) is 0.486. The van der Waals surface area contributed by atoms with Crippen molar-refractivity contribution in [2.45, 2.75) is 6.54 Å². The highest BCUT2D eigenvalue weighted by molar-refractivity contribution is 9.10. The Morgan fingerprint density at radius 3 is 3.00 bits per heavy atom. The summed E-state index contributed by atoms with van der Waals surface area (Å²) < 4.78 is 5.84. The van der Waals surface area contributed by atoms with Crippen molar-refractivity contribution in [1.29, 1.82) is 0 Å². The highest BCUT2D eigenvalue weighted by Gasteiger charge is 1.99. The third kappa shape index (κ3) is 1.91. The smallest absolute Gasteiger partial charge is 0.213 e. The summed E-state index contributed by atoms with van der Waals surface area (Å²) in [5.74, 6) is 0.591. The fourth-order valence-corrected chi connectivity index (χ4v) is 1.11. The Bertz CT molecular complexity index is 252. The maximum atomic E-state index is 5.46. The van der Waals surface area contributed by atoms with Gasteiger partial charge >= 0.3 is 0 Å². The summed E-state index contributed by atoms with van der Waals surface area (Å²) in [5, 5.41) is 0. The molecule has 0 saturated carbocycles. The van der Waals surface area contributed by atoms with E-state index >= 15 is 0 Å². The van der Waals surface area contributed by atoms with Crippen LogP contribution in [0.15, 0.2) is 16.7 Å². The largest absolute Gasteiger partial charge is 0.481 e. The molecule has 60 valence electrons. The van der Waals surface area contributed by atoms with E-state index in [-0.39, 0.29) is 0 Å². The van der Waals surface area contributed by atoms with Gasteiger partial charge in [0.1, 0.15) is 0 Å². The molecule has 0 aliphatic heterocycles. The molecule has 0 fully saturated rings. The Labute approximate surface area is 73.7 Å². The number of hydrogen-bond donors (Lipinski definition) is 1. The van der Waals surface area contributed by atoms with Gasteiger partial charge in [-0.2, -0.15) is 0 Å². The second kappa shape index (κ2) is 3.69. The lowest BCUT2D eigenvalue weighted by Crippen LogP contribution is -1.99. The standard InChI is InChI=1S/C7H9BrN2O/c1-11-7-2-5(3-9)6(8)4-10-7/h2,4H,3,9H2,1H3. The van der Waals surface area contributed by atoms with Gasteiger partial charge < -0.3 is 10.5 Å². The Morgan fingerprint density at radius 1 is 1.73 bits per heavy atom. The number of nitrogens with zero attached hydrogens (tertiary/aromatic N) is 1. The van der Waals surface area contributed by atoms with Crippen LogP contribution in [0.5, 0.6) is 5.88 Å². The van der Waals surface area contributed by atoms with Gasteiger partial charge in [0, 0.05) is 23.3 Å². The van der Waals surface area contributed by atoms with Gasteiger partial charge in [-0.15, -0.1) is 0 Å². The first kappa shape index (κ1) is 8.49. The zero-order valence-corrected chi connectivity index (χ0v) is 7.76. The van der Waals surface area contributed by atoms with E-state index in [0.29, 0.717) is 12.4 Å². The van der Waals surface area contributed by atoms with Gasteiger partial charge in [-0.1, -0.05) is 0 Å². The van der Waals surface area contributed by atoms with Crippen molar-refractivity contribution in [3.8, 4) is 5.88 Å². The van der Waals surface area contributed by atoms with E-state index in [1.165, 1.54) is 0 Å². The minimum atomic E-state index is 0.486. The van der Waals surface area contributed by atoms with E-state index in [4.69, 9.17) is 10.5 Å². The Morgan fingerprint density at radius 2 is 2.45 bits per heavy atom. The lowest BCUT2D eigenvalue weighted by atomic mass is 10.3. The molecule has 1 heterocycles. The van der Waals surface area contributed by atoms with Gasteiger partial charge in [-0.25, -0.2) is 4.98 Å². The van der Waals surface area contributed by atoms with Crippen molar-refractivity contribution in [3.05, 3.63) is 22.3 Å². The second-order valence-corrected chi connectivity index (χ2v) is 2.88. The van der Waals surface area contributed by atoms with E-state index in [0.717, 1.165) is 10.0 Å². The molecule has 3 nitrogen and oxygen atoms in total. The zero-order valence-electron chi connectivity index (χ0n) is 6.17. The minimum Gasteiger partial charge on any atom is -0.481 e. The first-order chi connectivity index (χ1) is 5.27. The number of hydrogen-bond acceptors (Lipinski definition) is 3. The fourth-order valence-electron chi connectivity index (χ4n) is 0.727. The van der Waals surface area contributed by atoms with E-state index in [9.17, 15) is 0 Å². The van der Waals surface area contributed by atoms with Crippen molar-refractivity contribution in [3.63, 3.8) is 0 Å².